The summed E-state index contributed by atoms with van der Waals surface area (Å²) >= 11 is 0. The Balaban J connectivity index is 2.66. The first kappa shape index (κ1) is 7.54. The first-order valence-corrected chi connectivity index (χ1v) is 3.19. The number of anilines is 1. The van der Waals surface area contributed by atoms with Gasteiger partial charge in [-0.3, -0.25) is 0 Å². The molecule has 1 atom stereocenters. The lowest BCUT2D eigenvalue weighted by Gasteiger charge is -2.04. The van der Waals surface area contributed by atoms with Crippen LogP contribution in [0.15, 0.2) is 0 Å². The van der Waals surface area contributed by atoms with E-state index in [0.717, 1.165) is 0 Å². The van der Waals surface area contributed by atoms with Crippen LogP contribution >= 0.6 is 0 Å². The van der Waals surface area contributed by atoms with E-state index in [1.165, 1.54) is 4.68 Å². The van der Waals surface area contributed by atoms with Crippen molar-refractivity contribution in [3.63, 3.8) is 0 Å². The third-order valence-electron chi connectivity index (χ3n) is 1.22. The zero-order valence-electron chi connectivity index (χ0n) is 6.44. The van der Waals surface area contributed by atoms with E-state index < -0.39 is 0 Å². The van der Waals surface area contributed by atoms with Crippen molar-refractivity contribution in [2.45, 2.75) is 13.0 Å². The highest BCUT2D eigenvalue weighted by molar-refractivity contribution is 5.26. The molecule has 5 nitrogen and oxygen atoms in total. The number of aromatic nitrogens is 4. The van der Waals surface area contributed by atoms with E-state index in [4.69, 9.17) is 6.42 Å². The molecule has 1 N–H and O–H groups in total. The summed E-state index contributed by atoms with van der Waals surface area (Å²) in [5.41, 5.74) is 0. The Kier molecular flexibility index (Phi) is 2.06. The summed E-state index contributed by atoms with van der Waals surface area (Å²) in [4.78, 5) is 0. The number of nitrogens with zero attached hydrogens (tertiary/aromatic N) is 4. The van der Waals surface area contributed by atoms with Crippen LogP contribution in [0.2, 0.25) is 0 Å². The van der Waals surface area contributed by atoms with E-state index in [1.54, 1.807) is 7.05 Å². The molecule has 0 saturated carbocycles. The Morgan fingerprint density at radius 3 is 2.91 bits per heavy atom. The van der Waals surface area contributed by atoms with Gasteiger partial charge in [0.2, 0.25) is 5.95 Å². The SMILES string of the molecule is C#CC(C)Nc1nnnn1C. The van der Waals surface area contributed by atoms with Crippen LogP contribution < -0.4 is 5.32 Å². The number of hydrogen-bond acceptors (Lipinski definition) is 4. The molecule has 11 heavy (non-hydrogen) atoms. The Hall–Kier alpha value is -1.57. The van der Waals surface area contributed by atoms with Gasteiger partial charge >= 0.3 is 0 Å². The first-order valence-electron chi connectivity index (χ1n) is 3.19. The van der Waals surface area contributed by atoms with Gasteiger partial charge in [0.1, 0.15) is 0 Å². The van der Waals surface area contributed by atoms with Gasteiger partial charge in [-0.05, 0) is 17.4 Å². The number of tetrazole rings is 1. The van der Waals surface area contributed by atoms with E-state index in [2.05, 4.69) is 26.8 Å². The number of nitrogens with one attached hydrogen (secondary N) is 1. The molecular formula is C6H9N5. The number of terminal acetylenes is 1. The van der Waals surface area contributed by atoms with Gasteiger partial charge in [0.25, 0.3) is 0 Å². The molecule has 0 aliphatic rings. The second-order valence-electron chi connectivity index (χ2n) is 2.16. The molecule has 1 aromatic rings. The highest BCUT2D eigenvalue weighted by atomic mass is 15.6. The zero-order valence-corrected chi connectivity index (χ0v) is 6.44. The van der Waals surface area contributed by atoms with Crippen LogP contribution in [0.3, 0.4) is 0 Å². The summed E-state index contributed by atoms with van der Waals surface area (Å²) in [5.74, 6) is 3.09. The van der Waals surface area contributed by atoms with Crippen LogP contribution in [-0.4, -0.2) is 26.2 Å². The monoisotopic (exact) mass is 151 g/mol. The molecule has 1 aromatic heterocycles. The van der Waals surface area contributed by atoms with E-state index in [9.17, 15) is 0 Å². The maximum Gasteiger partial charge on any atom is 0.243 e. The second kappa shape index (κ2) is 3.01. The normalized spacial score (nSPS) is 12.1. The number of hydrogen-bond donors (Lipinski definition) is 1. The maximum atomic E-state index is 5.15. The standard InChI is InChI=1S/C6H9N5/c1-4-5(2)7-6-8-9-10-11(6)3/h1,5H,2-3H3,(H,7,8,10). The van der Waals surface area contributed by atoms with Crippen LogP contribution in [0.1, 0.15) is 6.92 Å². The molecule has 1 rings (SSSR count). The summed E-state index contributed by atoms with van der Waals surface area (Å²) in [6.07, 6.45) is 5.15. The van der Waals surface area contributed by atoms with Gasteiger partial charge in [0, 0.05) is 7.05 Å². The Bertz CT molecular complexity index is 271. The molecule has 0 bridgehead atoms. The van der Waals surface area contributed by atoms with Crippen molar-refractivity contribution in [2.75, 3.05) is 5.32 Å². The summed E-state index contributed by atoms with van der Waals surface area (Å²) in [6, 6.07) is -0.0558. The lowest BCUT2D eigenvalue weighted by Crippen LogP contribution is -2.15. The quantitative estimate of drug-likeness (QED) is 0.587. The molecule has 0 amide bonds. The minimum atomic E-state index is -0.0558. The smallest absolute Gasteiger partial charge is 0.243 e. The first-order chi connectivity index (χ1) is 5.24. The van der Waals surface area contributed by atoms with Gasteiger partial charge in [0.05, 0.1) is 6.04 Å². The summed E-state index contributed by atoms with van der Waals surface area (Å²) in [5, 5.41) is 13.7. The van der Waals surface area contributed by atoms with Crippen molar-refractivity contribution in [2.24, 2.45) is 7.05 Å². The van der Waals surface area contributed by atoms with Crippen molar-refractivity contribution >= 4 is 5.95 Å². The Morgan fingerprint density at radius 1 is 1.73 bits per heavy atom. The fraction of sp³-hybridized carbons (Fsp3) is 0.500. The molecule has 1 unspecified atom stereocenters. The molecule has 0 spiro atoms. The summed E-state index contributed by atoms with van der Waals surface area (Å²) in [7, 11) is 1.74. The van der Waals surface area contributed by atoms with Crippen LogP contribution in [0.5, 0.6) is 0 Å². The van der Waals surface area contributed by atoms with Crippen LogP contribution in [0, 0.1) is 12.3 Å². The average Bonchev–Trinajstić information content (AvgIpc) is 2.37. The molecule has 0 aromatic carbocycles. The Morgan fingerprint density at radius 2 is 2.45 bits per heavy atom. The Labute approximate surface area is 64.8 Å². The molecule has 58 valence electrons. The van der Waals surface area contributed by atoms with Gasteiger partial charge < -0.3 is 5.32 Å². The molecule has 0 saturated heterocycles. The minimum Gasteiger partial charge on any atom is -0.340 e. The topological polar surface area (TPSA) is 55.6 Å². The summed E-state index contributed by atoms with van der Waals surface area (Å²) in [6.45, 7) is 1.86. The van der Waals surface area contributed by atoms with E-state index in [1.807, 2.05) is 6.92 Å². The van der Waals surface area contributed by atoms with Gasteiger partial charge in [-0.2, -0.15) is 0 Å². The van der Waals surface area contributed by atoms with Gasteiger partial charge in [-0.1, -0.05) is 11.0 Å². The van der Waals surface area contributed by atoms with Gasteiger partial charge in [-0.15, -0.1) is 6.42 Å². The van der Waals surface area contributed by atoms with Crippen molar-refractivity contribution in [1.29, 1.82) is 0 Å². The number of rotatable bonds is 2. The van der Waals surface area contributed by atoms with Gasteiger partial charge in [-0.25, -0.2) is 4.68 Å². The molecule has 0 radical (unpaired) electrons. The highest BCUT2D eigenvalue weighted by Crippen LogP contribution is 1.97. The largest absolute Gasteiger partial charge is 0.340 e. The zero-order chi connectivity index (χ0) is 8.27. The lowest BCUT2D eigenvalue weighted by atomic mass is 10.4. The molecule has 5 heteroatoms. The van der Waals surface area contributed by atoms with E-state index >= 15 is 0 Å². The second-order valence-corrected chi connectivity index (χ2v) is 2.16. The van der Waals surface area contributed by atoms with Crippen LogP contribution in [0.25, 0.3) is 0 Å². The van der Waals surface area contributed by atoms with Crippen molar-refractivity contribution < 1.29 is 0 Å². The van der Waals surface area contributed by atoms with Gasteiger partial charge in [0.15, 0.2) is 0 Å². The third-order valence-corrected chi connectivity index (χ3v) is 1.22. The van der Waals surface area contributed by atoms with Crippen molar-refractivity contribution in [3.05, 3.63) is 0 Å². The van der Waals surface area contributed by atoms with Crippen molar-refractivity contribution in [3.8, 4) is 12.3 Å². The van der Waals surface area contributed by atoms with Crippen LogP contribution in [-0.2, 0) is 7.05 Å². The predicted molar refractivity (Wildman–Crippen MR) is 40.7 cm³/mol. The van der Waals surface area contributed by atoms with E-state index in [0.29, 0.717) is 5.95 Å². The molecule has 1 heterocycles. The molecule has 0 aliphatic heterocycles. The molecule has 0 aliphatic carbocycles. The van der Waals surface area contributed by atoms with E-state index in [-0.39, 0.29) is 6.04 Å². The lowest BCUT2D eigenvalue weighted by molar-refractivity contribution is 0.710. The van der Waals surface area contributed by atoms with Crippen LogP contribution in [0.4, 0.5) is 5.95 Å². The minimum absolute atomic E-state index is 0.0558. The number of aryl methyl sites for hydroxylation is 1. The highest BCUT2D eigenvalue weighted by Gasteiger charge is 2.02. The average molecular weight is 151 g/mol. The molecule has 0 fully saturated rings. The molecular weight excluding hydrogens is 142 g/mol. The fourth-order valence-corrected chi connectivity index (χ4v) is 0.587. The predicted octanol–water partition coefficient (Wildman–Crippen LogP) is -0.356. The third kappa shape index (κ3) is 1.67. The van der Waals surface area contributed by atoms with Crippen molar-refractivity contribution in [1.82, 2.24) is 20.2 Å². The maximum absolute atomic E-state index is 5.15. The fourth-order valence-electron chi connectivity index (χ4n) is 0.587. The summed E-state index contributed by atoms with van der Waals surface area (Å²) < 4.78 is 1.52.